The Morgan fingerprint density at radius 2 is 2.24 bits per heavy atom. The standard InChI is InChI=1S/C11H15FN2O2S/c12-9-2-1-3-10(6-9)14-4-5-17(15,16)11(7-13)8-14/h1-3,6,11H,4-5,7-8,13H2. The molecule has 17 heavy (non-hydrogen) atoms. The molecule has 0 spiro atoms. The average Bonchev–Trinajstić information content (AvgIpc) is 2.28. The van der Waals surface area contributed by atoms with Crippen molar-refractivity contribution in [2.24, 2.45) is 5.73 Å². The molecule has 0 saturated carbocycles. The molecule has 1 fully saturated rings. The van der Waals surface area contributed by atoms with Gasteiger partial charge in [0.15, 0.2) is 9.84 Å². The Hall–Kier alpha value is -1.14. The van der Waals surface area contributed by atoms with Gasteiger partial charge in [-0.2, -0.15) is 0 Å². The Bertz CT molecular complexity index is 504. The Balaban J connectivity index is 2.20. The molecule has 94 valence electrons. The molecule has 1 aromatic rings. The van der Waals surface area contributed by atoms with Crippen LogP contribution in [0, 0.1) is 5.82 Å². The third-order valence-electron chi connectivity index (χ3n) is 3.01. The van der Waals surface area contributed by atoms with E-state index in [1.807, 2.05) is 4.90 Å². The fourth-order valence-electron chi connectivity index (χ4n) is 1.98. The second-order valence-electron chi connectivity index (χ2n) is 4.15. The van der Waals surface area contributed by atoms with Gasteiger partial charge in [-0.1, -0.05) is 6.07 Å². The topological polar surface area (TPSA) is 63.4 Å². The highest BCUT2D eigenvalue weighted by atomic mass is 32.2. The molecule has 2 rings (SSSR count). The van der Waals surface area contributed by atoms with Crippen molar-refractivity contribution in [1.82, 2.24) is 0 Å². The van der Waals surface area contributed by atoms with Gasteiger partial charge in [-0.3, -0.25) is 0 Å². The molecule has 1 atom stereocenters. The zero-order valence-corrected chi connectivity index (χ0v) is 10.2. The first-order chi connectivity index (χ1) is 8.03. The van der Waals surface area contributed by atoms with Crippen LogP contribution in [0.1, 0.15) is 0 Å². The number of nitrogens with zero attached hydrogens (tertiary/aromatic N) is 1. The van der Waals surface area contributed by atoms with Gasteiger partial charge in [-0.15, -0.1) is 0 Å². The SMILES string of the molecule is NCC1CN(c2cccc(F)c2)CCS1(=O)=O. The van der Waals surface area contributed by atoms with Crippen LogP contribution in [0.4, 0.5) is 10.1 Å². The minimum atomic E-state index is -3.09. The number of anilines is 1. The summed E-state index contributed by atoms with van der Waals surface area (Å²) in [5.41, 5.74) is 6.18. The van der Waals surface area contributed by atoms with E-state index in [2.05, 4.69) is 0 Å². The first-order valence-electron chi connectivity index (χ1n) is 5.45. The number of rotatable bonds is 2. The largest absolute Gasteiger partial charge is 0.369 e. The van der Waals surface area contributed by atoms with Crippen molar-refractivity contribution in [2.75, 3.05) is 30.3 Å². The predicted octanol–water partition coefficient (Wildman–Crippen LogP) is 0.388. The summed E-state index contributed by atoms with van der Waals surface area (Å²) in [4.78, 5) is 1.86. The summed E-state index contributed by atoms with van der Waals surface area (Å²) in [6.07, 6.45) is 0. The van der Waals surface area contributed by atoms with E-state index in [-0.39, 0.29) is 18.1 Å². The van der Waals surface area contributed by atoms with Crippen LogP contribution in [0.3, 0.4) is 0 Å². The molecule has 1 heterocycles. The molecule has 1 aromatic carbocycles. The highest BCUT2D eigenvalue weighted by molar-refractivity contribution is 7.92. The summed E-state index contributed by atoms with van der Waals surface area (Å²) in [6.45, 7) is 0.832. The van der Waals surface area contributed by atoms with E-state index >= 15 is 0 Å². The monoisotopic (exact) mass is 258 g/mol. The Morgan fingerprint density at radius 3 is 2.88 bits per heavy atom. The normalized spacial score (nSPS) is 23.6. The fourth-order valence-corrected chi connectivity index (χ4v) is 3.49. The summed E-state index contributed by atoms with van der Waals surface area (Å²) in [5, 5.41) is -0.556. The molecule has 0 amide bonds. The Kier molecular flexibility index (Phi) is 3.35. The van der Waals surface area contributed by atoms with E-state index in [9.17, 15) is 12.8 Å². The van der Waals surface area contributed by atoms with E-state index in [0.29, 0.717) is 18.8 Å². The molecular formula is C11H15FN2O2S. The molecule has 2 N–H and O–H groups in total. The average molecular weight is 258 g/mol. The lowest BCUT2D eigenvalue weighted by Crippen LogP contribution is -2.50. The number of halogens is 1. The number of sulfone groups is 1. The van der Waals surface area contributed by atoms with Crippen LogP contribution < -0.4 is 10.6 Å². The number of nitrogens with two attached hydrogens (primary N) is 1. The van der Waals surface area contributed by atoms with E-state index in [0.717, 1.165) is 0 Å². The maximum atomic E-state index is 13.1. The molecular weight excluding hydrogens is 243 g/mol. The Morgan fingerprint density at radius 1 is 1.47 bits per heavy atom. The molecule has 1 aliphatic heterocycles. The van der Waals surface area contributed by atoms with Crippen LogP contribution in [0.2, 0.25) is 0 Å². The van der Waals surface area contributed by atoms with Gasteiger partial charge in [0.1, 0.15) is 5.82 Å². The minimum absolute atomic E-state index is 0.0748. The van der Waals surface area contributed by atoms with Crippen molar-refractivity contribution in [2.45, 2.75) is 5.25 Å². The molecule has 0 bridgehead atoms. The third-order valence-corrected chi connectivity index (χ3v) is 5.12. The van der Waals surface area contributed by atoms with E-state index in [1.54, 1.807) is 12.1 Å². The van der Waals surface area contributed by atoms with Gasteiger partial charge in [-0.05, 0) is 18.2 Å². The molecule has 0 radical (unpaired) electrons. The van der Waals surface area contributed by atoms with E-state index < -0.39 is 15.1 Å². The van der Waals surface area contributed by atoms with Gasteiger partial charge in [0, 0.05) is 25.3 Å². The quantitative estimate of drug-likeness (QED) is 0.833. The molecule has 0 aliphatic carbocycles. The molecule has 1 aliphatic rings. The second-order valence-corrected chi connectivity index (χ2v) is 6.55. The molecule has 0 aromatic heterocycles. The first-order valence-corrected chi connectivity index (χ1v) is 7.16. The van der Waals surface area contributed by atoms with Crippen LogP contribution in [-0.2, 0) is 9.84 Å². The van der Waals surface area contributed by atoms with Crippen LogP contribution in [-0.4, -0.2) is 39.1 Å². The van der Waals surface area contributed by atoms with Crippen LogP contribution >= 0.6 is 0 Å². The van der Waals surface area contributed by atoms with Crippen LogP contribution in [0.15, 0.2) is 24.3 Å². The van der Waals surface area contributed by atoms with Crippen molar-refractivity contribution in [3.05, 3.63) is 30.1 Å². The number of hydrogen-bond acceptors (Lipinski definition) is 4. The second kappa shape index (κ2) is 4.62. The summed E-state index contributed by atoms with van der Waals surface area (Å²) in [6, 6.07) is 6.16. The Labute approximate surface area is 100 Å². The summed E-state index contributed by atoms with van der Waals surface area (Å²) < 4.78 is 36.4. The lowest BCUT2D eigenvalue weighted by molar-refractivity contribution is 0.563. The third kappa shape index (κ3) is 2.58. The molecule has 1 unspecified atom stereocenters. The van der Waals surface area contributed by atoms with Gasteiger partial charge in [0.25, 0.3) is 0 Å². The molecule has 6 heteroatoms. The zero-order chi connectivity index (χ0) is 12.5. The van der Waals surface area contributed by atoms with Crippen molar-refractivity contribution in [3.63, 3.8) is 0 Å². The highest BCUT2D eigenvalue weighted by Gasteiger charge is 2.31. The van der Waals surface area contributed by atoms with Gasteiger partial charge in [0.2, 0.25) is 0 Å². The lowest BCUT2D eigenvalue weighted by atomic mass is 10.2. The van der Waals surface area contributed by atoms with Crippen molar-refractivity contribution in [3.8, 4) is 0 Å². The lowest BCUT2D eigenvalue weighted by Gasteiger charge is -2.33. The molecule has 1 saturated heterocycles. The molecule has 4 nitrogen and oxygen atoms in total. The maximum Gasteiger partial charge on any atom is 0.157 e. The van der Waals surface area contributed by atoms with Gasteiger partial charge < -0.3 is 10.6 Å². The smallest absolute Gasteiger partial charge is 0.157 e. The highest BCUT2D eigenvalue weighted by Crippen LogP contribution is 2.20. The van der Waals surface area contributed by atoms with Gasteiger partial charge in [0.05, 0.1) is 11.0 Å². The van der Waals surface area contributed by atoms with E-state index in [4.69, 9.17) is 5.73 Å². The van der Waals surface area contributed by atoms with Crippen LogP contribution in [0.5, 0.6) is 0 Å². The zero-order valence-electron chi connectivity index (χ0n) is 9.34. The predicted molar refractivity (Wildman–Crippen MR) is 65.2 cm³/mol. The first kappa shape index (κ1) is 12.3. The van der Waals surface area contributed by atoms with E-state index in [1.165, 1.54) is 12.1 Å². The number of hydrogen-bond donors (Lipinski definition) is 1. The summed E-state index contributed by atoms with van der Waals surface area (Å²) in [7, 11) is -3.09. The van der Waals surface area contributed by atoms with Crippen LogP contribution in [0.25, 0.3) is 0 Å². The van der Waals surface area contributed by atoms with Crippen molar-refractivity contribution >= 4 is 15.5 Å². The summed E-state index contributed by atoms with van der Waals surface area (Å²) >= 11 is 0. The van der Waals surface area contributed by atoms with Gasteiger partial charge in [-0.25, -0.2) is 12.8 Å². The van der Waals surface area contributed by atoms with Gasteiger partial charge >= 0.3 is 0 Å². The maximum absolute atomic E-state index is 13.1. The fraction of sp³-hybridized carbons (Fsp3) is 0.455. The number of benzene rings is 1. The minimum Gasteiger partial charge on any atom is -0.369 e. The van der Waals surface area contributed by atoms with Crippen molar-refractivity contribution < 1.29 is 12.8 Å². The van der Waals surface area contributed by atoms with Crippen molar-refractivity contribution in [1.29, 1.82) is 0 Å². The summed E-state index contributed by atoms with van der Waals surface area (Å²) in [5.74, 6) is -0.244.